The van der Waals surface area contributed by atoms with Crippen LogP contribution in [0.25, 0.3) is 0 Å². The SMILES string of the molecule is C[C@@]1(C(=O)Nc2ccc(Cl)cc2)c2cccc[n+]2CC(=O)N1c1ccccc1. The Hall–Kier alpha value is -3.18. The van der Waals surface area contributed by atoms with Gasteiger partial charge in [0, 0.05) is 28.5 Å². The lowest BCUT2D eigenvalue weighted by molar-refractivity contribution is -0.697. The lowest BCUT2D eigenvalue weighted by atomic mass is 9.89. The van der Waals surface area contributed by atoms with Crippen LogP contribution in [0.5, 0.6) is 0 Å². The van der Waals surface area contributed by atoms with Crippen LogP contribution < -0.4 is 14.8 Å². The van der Waals surface area contributed by atoms with Crippen LogP contribution in [0.1, 0.15) is 12.6 Å². The van der Waals surface area contributed by atoms with Crippen molar-refractivity contribution in [2.24, 2.45) is 0 Å². The van der Waals surface area contributed by atoms with Crippen molar-refractivity contribution in [2.45, 2.75) is 19.0 Å². The second-order valence-electron chi connectivity index (χ2n) is 6.81. The third kappa shape index (κ3) is 3.04. The second-order valence-corrected chi connectivity index (χ2v) is 7.25. The predicted molar refractivity (Wildman–Crippen MR) is 108 cm³/mol. The molecule has 3 aromatic rings. The molecule has 1 aliphatic heterocycles. The number of amides is 2. The fraction of sp³-hybridized carbons (Fsp3) is 0.136. The van der Waals surface area contributed by atoms with Crippen molar-refractivity contribution in [3.05, 3.63) is 89.7 Å². The summed E-state index contributed by atoms with van der Waals surface area (Å²) < 4.78 is 1.82. The molecule has 4 rings (SSSR count). The Morgan fingerprint density at radius 3 is 2.43 bits per heavy atom. The zero-order valence-corrected chi connectivity index (χ0v) is 16.1. The Kier molecular flexibility index (Phi) is 4.61. The summed E-state index contributed by atoms with van der Waals surface area (Å²) in [5, 5.41) is 3.52. The first-order valence-corrected chi connectivity index (χ1v) is 9.32. The number of nitrogens with one attached hydrogen (secondary N) is 1. The highest BCUT2D eigenvalue weighted by Crippen LogP contribution is 2.35. The lowest BCUT2D eigenvalue weighted by Crippen LogP contribution is -2.67. The molecule has 28 heavy (non-hydrogen) atoms. The van der Waals surface area contributed by atoms with E-state index in [-0.39, 0.29) is 18.4 Å². The third-order valence-corrected chi connectivity index (χ3v) is 5.25. The highest BCUT2D eigenvalue weighted by atomic mass is 35.5. The molecule has 2 heterocycles. The number of aromatic nitrogens is 1. The smallest absolute Gasteiger partial charge is 0.294 e. The number of hydrogen-bond acceptors (Lipinski definition) is 2. The maximum Gasteiger partial charge on any atom is 0.294 e. The number of halogens is 1. The maximum absolute atomic E-state index is 13.5. The Morgan fingerprint density at radius 1 is 1.04 bits per heavy atom. The van der Waals surface area contributed by atoms with Crippen molar-refractivity contribution in [3.8, 4) is 0 Å². The van der Waals surface area contributed by atoms with E-state index < -0.39 is 5.54 Å². The van der Waals surface area contributed by atoms with Crippen molar-refractivity contribution < 1.29 is 14.2 Å². The van der Waals surface area contributed by atoms with Crippen LogP contribution in [0.15, 0.2) is 79.0 Å². The monoisotopic (exact) mass is 392 g/mol. The first-order chi connectivity index (χ1) is 13.5. The van der Waals surface area contributed by atoms with Crippen molar-refractivity contribution in [1.29, 1.82) is 0 Å². The Balaban J connectivity index is 1.83. The topological polar surface area (TPSA) is 53.3 Å². The van der Waals surface area contributed by atoms with E-state index in [1.54, 1.807) is 36.1 Å². The number of hydrogen-bond donors (Lipinski definition) is 1. The molecular weight excluding hydrogens is 374 g/mol. The average molecular weight is 393 g/mol. The summed E-state index contributed by atoms with van der Waals surface area (Å²) in [6.45, 7) is 1.95. The van der Waals surface area contributed by atoms with Gasteiger partial charge in [-0.3, -0.25) is 14.5 Å². The van der Waals surface area contributed by atoms with Crippen LogP contribution in [0, 0.1) is 0 Å². The molecule has 1 N–H and O–H groups in total. The molecule has 5 nitrogen and oxygen atoms in total. The van der Waals surface area contributed by atoms with Gasteiger partial charge in [-0.2, -0.15) is 4.57 Å². The largest absolute Gasteiger partial charge is 0.324 e. The van der Waals surface area contributed by atoms with Crippen molar-refractivity contribution in [2.75, 3.05) is 10.2 Å². The van der Waals surface area contributed by atoms with Gasteiger partial charge in [-0.15, -0.1) is 0 Å². The summed E-state index contributed by atoms with van der Waals surface area (Å²) in [5.41, 5.74) is 0.808. The predicted octanol–water partition coefficient (Wildman–Crippen LogP) is 3.53. The summed E-state index contributed by atoms with van der Waals surface area (Å²) in [6.07, 6.45) is 1.82. The van der Waals surface area contributed by atoms with E-state index in [0.717, 1.165) is 5.69 Å². The highest BCUT2D eigenvalue weighted by Gasteiger charge is 2.54. The number of nitrogens with zero attached hydrogens (tertiary/aromatic N) is 2. The molecule has 0 radical (unpaired) electrons. The van der Waals surface area contributed by atoms with Gasteiger partial charge in [0.25, 0.3) is 11.8 Å². The number of fused-ring (bicyclic) bond motifs is 1. The average Bonchev–Trinajstić information content (AvgIpc) is 2.70. The fourth-order valence-corrected chi connectivity index (χ4v) is 3.75. The molecule has 0 unspecified atom stereocenters. The summed E-state index contributed by atoms with van der Waals surface area (Å²) in [7, 11) is 0. The molecule has 2 aromatic carbocycles. The molecule has 0 saturated carbocycles. The van der Waals surface area contributed by atoms with Crippen molar-refractivity contribution in [3.63, 3.8) is 0 Å². The summed E-state index contributed by atoms with van der Waals surface area (Å²) in [6, 6.07) is 21.8. The van der Waals surface area contributed by atoms with E-state index in [1.165, 1.54) is 0 Å². The van der Waals surface area contributed by atoms with Gasteiger partial charge in [-0.05, 0) is 43.3 Å². The third-order valence-electron chi connectivity index (χ3n) is 5.00. The summed E-state index contributed by atoms with van der Waals surface area (Å²) >= 11 is 5.94. The lowest BCUT2D eigenvalue weighted by Gasteiger charge is -2.40. The molecule has 0 spiro atoms. The molecular formula is C22H19ClN3O2+. The normalized spacial score (nSPS) is 18.5. The molecule has 2 amide bonds. The number of para-hydroxylation sites is 1. The minimum Gasteiger partial charge on any atom is -0.324 e. The molecule has 1 atom stereocenters. The van der Waals surface area contributed by atoms with Gasteiger partial charge < -0.3 is 5.32 Å². The Morgan fingerprint density at radius 2 is 1.71 bits per heavy atom. The molecule has 1 aliphatic rings. The van der Waals surface area contributed by atoms with E-state index in [2.05, 4.69) is 5.32 Å². The van der Waals surface area contributed by atoms with Gasteiger partial charge >= 0.3 is 0 Å². The standard InChI is InChI=1S/C22H18ClN3O2/c1-22(21(28)24-17-12-10-16(23)11-13-17)19-9-5-6-14-25(19)15-20(27)26(22)18-7-3-2-4-8-18/h2-14H,15H2,1H3/p+1/t22-/m0/s1. The van der Waals surface area contributed by atoms with E-state index in [9.17, 15) is 9.59 Å². The van der Waals surface area contributed by atoms with Gasteiger partial charge in [0.2, 0.25) is 17.8 Å². The molecule has 0 fully saturated rings. The van der Waals surface area contributed by atoms with Crippen LogP contribution in [-0.2, 0) is 21.7 Å². The van der Waals surface area contributed by atoms with Gasteiger partial charge in [-0.25, -0.2) is 0 Å². The highest BCUT2D eigenvalue weighted by molar-refractivity contribution is 6.30. The number of pyridine rings is 1. The molecule has 1 aromatic heterocycles. The first-order valence-electron chi connectivity index (χ1n) is 8.94. The van der Waals surface area contributed by atoms with E-state index in [0.29, 0.717) is 16.4 Å². The van der Waals surface area contributed by atoms with E-state index in [4.69, 9.17) is 11.6 Å². The second kappa shape index (κ2) is 7.09. The molecule has 0 saturated heterocycles. The van der Waals surface area contributed by atoms with Crippen molar-refractivity contribution in [1.82, 2.24) is 0 Å². The zero-order valence-electron chi connectivity index (χ0n) is 15.3. The Bertz CT molecular complexity index is 1040. The summed E-state index contributed by atoms with van der Waals surface area (Å²) in [4.78, 5) is 28.2. The molecule has 0 aliphatic carbocycles. The number of carbonyl (C=O) groups is 2. The number of benzene rings is 2. The molecule has 0 bridgehead atoms. The van der Waals surface area contributed by atoms with Gasteiger partial charge in [0.1, 0.15) is 0 Å². The first kappa shape index (κ1) is 18.2. The van der Waals surface area contributed by atoms with Crippen molar-refractivity contribution >= 4 is 34.8 Å². The fourth-order valence-electron chi connectivity index (χ4n) is 3.62. The number of carbonyl (C=O) groups excluding carboxylic acids is 2. The van der Waals surface area contributed by atoms with Crippen LogP contribution in [-0.4, -0.2) is 11.8 Å². The Labute approximate surface area is 168 Å². The maximum atomic E-state index is 13.5. The molecule has 140 valence electrons. The minimum atomic E-state index is -1.22. The number of anilines is 2. The van der Waals surface area contributed by atoms with Crippen LogP contribution >= 0.6 is 11.6 Å². The van der Waals surface area contributed by atoms with Crippen LogP contribution in [0.2, 0.25) is 5.02 Å². The van der Waals surface area contributed by atoms with Gasteiger partial charge in [0.15, 0.2) is 6.20 Å². The van der Waals surface area contributed by atoms with E-state index >= 15 is 0 Å². The quantitative estimate of drug-likeness (QED) is 0.693. The van der Waals surface area contributed by atoms with E-state index in [1.807, 2.05) is 59.3 Å². The molecule has 6 heteroatoms. The van der Waals surface area contributed by atoms with Crippen LogP contribution in [0.4, 0.5) is 11.4 Å². The summed E-state index contributed by atoms with van der Waals surface area (Å²) in [5.74, 6) is -0.449. The minimum absolute atomic E-state index is 0.149. The van der Waals surface area contributed by atoms with Crippen LogP contribution in [0.3, 0.4) is 0 Å². The number of rotatable bonds is 3. The van der Waals surface area contributed by atoms with Gasteiger partial charge in [-0.1, -0.05) is 35.9 Å². The van der Waals surface area contributed by atoms with Gasteiger partial charge in [0.05, 0.1) is 0 Å². The zero-order chi connectivity index (χ0) is 19.7.